The van der Waals surface area contributed by atoms with E-state index in [4.69, 9.17) is 10.5 Å². The molecule has 0 saturated heterocycles. The summed E-state index contributed by atoms with van der Waals surface area (Å²) in [4.78, 5) is 0. The van der Waals surface area contributed by atoms with Crippen molar-refractivity contribution in [3.63, 3.8) is 0 Å². The largest absolute Gasteiger partial charge is 0.493 e. The lowest BCUT2D eigenvalue weighted by atomic mass is 9.87. The Hall–Kier alpha value is -1.02. The molecular weight excluding hydrogens is 270 g/mol. The summed E-state index contributed by atoms with van der Waals surface area (Å²) in [7, 11) is 0. The van der Waals surface area contributed by atoms with Crippen LogP contribution in [0.15, 0.2) is 18.2 Å². The highest BCUT2D eigenvalue weighted by atomic mass is 16.5. The molecule has 1 aromatic rings. The van der Waals surface area contributed by atoms with Crippen molar-refractivity contribution >= 4 is 0 Å². The molecule has 1 rings (SSSR count). The number of benzene rings is 1. The molecule has 0 amide bonds. The topological polar surface area (TPSA) is 35.2 Å². The third-order valence-electron chi connectivity index (χ3n) is 4.09. The molecule has 0 aliphatic rings. The third-order valence-corrected chi connectivity index (χ3v) is 4.09. The lowest BCUT2D eigenvalue weighted by molar-refractivity contribution is 0.267. The van der Waals surface area contributed by atoms with Gasteiger partial charge in [-0.25, -0.2) is 0 Å². The third kappa shape index (κ3) is 6.00. The smallest absolute Gasteiger partial charge is 0.122 e. The molecule has 0 bridgehead atoms. The summed E-state index contributed by atoms with van der Waals surface area (Å²) < 4.78 is 6.02. The molecule has 0 heterocycles. The minimum absolute atomic E-state index is 0.485. The van der Waals surface area contributed by atoms with Crippen LogP contribution in [0.4, 0.5) is 0 Å². The second-order valence-corrected chi connectivity index (χ2v) is 7.07. The summed E-state index contributed by atoms with van der Waals surface area (Å²) in [6, 6.07) is 6.81. The van der Waals surface area contributed by atoms with Crippen LogP contribution in [0.25, 0.3) is 0 Å². The van der Waals surface area contributed by atoms with Gasteiger partial charge in [0.2, 0.25) is 0 Å². The SMILES string of the molecule is CCCC(CCCN)c1ccc(OCC(C)C)c(C(C)C)c1. The van der Waals surface area contributed by atoms with Crippen molar-refractivity contribution in [2.45, 2.75) is 72.1 Å². The summed E-state index contributed by atoms with van der Waals surface area (Å²) >= 11 is 0. The normalized spacial score (nSPS) is 12.9. The molecule has 0 fully saturated rings. The number of nitrogens with two attached hydrogens (primary N) is 1. The van der Waals surface area contributed by atoms with E-state index in [0.717, 1.165) is 25.3 Å². The minimum atomic E-state index is 0.485. The molecule has 1 atom stereocenters. The molecule has 0 radical (unpaired) electrons. The summed E-state index contributed by atoms with van der Waals surface area (Å²) in [5, 5.41) is 0. The highest BCUT2D eigenvalue weighted by molar-refractivity contribution is 5.40. The van der Waals surface area contributed by atoms with E-state index in [0.29, 0.717) is 17.8 Å². The maximum atomic E-state index is 6.02. The Bertz CT molecular complexity index is 426. The van der Waals surface area contributed by atoms with Crippen LogP contribution in [0.5, 0.6) is 5.75 Å². The van der Waals surface area contributed by atoms with Crippen LogP contribution in [0, 0.1) is 5.92 Å². The first-order valence-electron chi connectivity index (χ1n) is 8.96. The summed E-state index contributed by atoms with van der Waals surface area (Å²) in [6.45, 7) is 12.7. The standard InChI is InChI=1S/C20H35NO/c1-6-8-17(9-7-12-21)18-10-11-20(22-14-15(2)3)19(13-18)16(4)5/h10-11,13,15-17H,6-9,12,14,21H2,1-5H3. The summed E-state index contributed by atoms with van der Waals surface area (Å²) in [6.07, 6.45) is 4.75. The maximum Gasteiger partial charge on any atom is 0.122 e. The highest BCUT2D eigenvalue weighted by Gasteiger charge is 2.15. The van der Waals surface area contributed by atoms with Gasteiger partial charge in [-0.3, -0.25) is 0 Å². The zero-order valence-electron chi connectivity index (χ0n) is 15.2. The van der Waals surface area contributed by atoms with E-state index >= 15 is 0 Å². The molecule has 1 unspecified atom stereocenters. The molecule has 0 saturated carbocycles. The van der Waals surface area contributed by atoms with Gasteiger partial charge in [0, 0.05) is 0 Å². The van der Waals surface area contributed by atoms with E-state index in [-0.39, 0.29) is 0 Å². The Morgan fingerprint density at radius 3 is 2.36 bits per heavy atom. The average Bonchev–Trinajstić information content (AvgIpc) is 2.49. The maximum absolute atomic E-state index is 6.02. The van der Waals surface area contributed by atoms with Gasteiger partial charge in [0.25, 0.3) is 0 Å². The zero-order valence-corrected chi connectivity index (χ0v) is 15.2. The van der Waals surface area contributed by atoms with Crippen LogP contribution in [-0.2, 0) is 0 Å². The van der Waals surface area contributed by atoms with Crippen LogP contribution >= 0.6 is 0 Å². The Kier molecular flexibility index (Phi) is 8.55. The van der Waals surface area contributed by atoms with Gasteiger partial charge in [-0.15, -0.1) is 0 Å². The molecule has 2 heteroatoms. The first kappa shape index (κ1) is 19.0. The molecular formula is C20H35NO. The molecule has 0 aliphatic heterocycles. The number of rotatable bonds is 10. The molecule has 2 nitrogen and oxygen atoms in total. The van der Waals surface area contributed by atoms with Gasteiger partial charge in [0.15, 0.2) is 0 Å². The molecule has 2 N–H and O–H groups in total. The second kappa shape index (κ2) is 9.89. The predicted octanol–water partition coefficient (Wildman–Crippen LogP) is 5.47. The predicted molar refractivity (Wildman–Crippen MR) is 96.8 cm³/mol. The molecule has 0 aliphatic carbocycles. The van der Waals surface area contributed by atoms with Crippen molar-refractivity contribution in [3.8, 4) is 5.75 Å². The van der Waals surface area contributed by atoms with E-state index in [9.17, 15) is 0 Å². The average molecular weight is 306 g/mol. The van der Waals surface area contributed by atoms with Crippen molar-refractivity contribution in [3.05, 3.63) is 29.3 Å². The summed E-state index contributed by atoms with van der Waals surface area (Å²) in [5.74, 6) is 2.72. The van der Waals surface area contributed by atoms with E-state index in [2.05, 4.69) is 52.8 Å². The Balaban J connectivity index is 2.98. The van der Waals surface area contributed by atoms with Gasteiger partial charge in [0.05, 0.1) is 6.61 Å². The van der Waals surface area contributed by atoms with Crippen molar-refractivity contribution in [1.29, 1.82) is 0 Å². The quantitative estimate of drug-likeness (QED) is 0.622. The first-order chi connectivity index (χ1) is 10.5. The lowest BCUT2D eigenvalue weighted by Crippen LogP contribution is -2.09. The van der Waals surface area contributed by atoms with E-state index in [1.807, 2.05) is 0 Å². The Morgan fingerprint density at radius 1 is 1.09 bits per heavy atom. The van der Waals surface area contributed by atoms with Crippen LogP contribution < -0.4 is 10.5 Å². The van der Waals surface area contributed by atoms with Gasteiger partial charge in [-0.05, 0) is 60.8 Å². The van der Waals surface area contributed by atoms with Crippen LogP contribution in [-0.4, -0.2) is 13.2 Å². The van der Waals surface area contributed by atoms with Crippen LogP contribution in [0.1, 0.15) is 83.3 Å². The fourth-order valence-corrected chi connectivity index (χ4v) is 2.85. The fraction of sp³-hybridized carbons (Fsp3) is 0.700. The van der Waals surface area contributed by atoms with Gasteiger partial charge in [0.1, 0.15) is 5.75 Å². The van der Waals surface area contributed by atoms with Crippen LogP contribution in [0.3, 0.4) is 0 Å². The van der Waals surface area contributed by atoms with Gasteiger partial charge in [-0.2, -0.15) is 0 Å². The molecule has 0 aromatic heterocycles. The second-order valence-electron chi connectivity index (χ2n) is 7.07. The van der Waals surface area contributed by atoms with Crippen molar-refractivity contribution in [2.75, 3.05) is 13.2 Å². The number of ether oxygens (including phenoxy) is 1. The monoisotopic (exact) mass is 305 g/mol. The number of hydrogen-bond acceptors (Lipinski definition) is 2. The van der Waals surface area contributed by atoms with Crippen molar-refractivity contribution in [2.24, 2.45) is 11.7 Å². The van der Waals surface area contributed by atoms with E-state index in [1.165, 1.54) is 30.4 Å². The molecule has 0 spiro atoms. The van der Waals surface area contributed by atoms with Gasteiger partial charge < -0.3 is 10.5 Å². The summed E-state index contributed by atoms with van der Waals surface area (Å²) in [5.41, 5.74) is 8.50. The molecule has 1 aromatic carbocycles. The highest BCUT2D eigenvalue weighted by Crippen LogP contribution is 2.33. The fourth-order valence-electron chi connectivity index (χ4n) is 2.85. The molecule has 126 valence electrons. The number of hydrogen-bond donors (Lipinski definition) is 1. The van der Waals surface area contributed by atoms with Gasteiger partial charge in [-0.1, -0.05) is 53.2 Å². The van der Waals surface area contributed by atoms with Gasteiger partial charge >= 0.3 is 0 Å². The van der Waals surface area contributed by atoms with Crippen molar-refractivity contribution in [1.82, 2.24) is 0 Å². The minimum Gasteiger partial charge on any atom is -0.493 e. The zero-order chi connectivity index (χ0) is 16.5. The van der Waals surface area contributed by atoms with E-state index in [1.54, 1.807) is 0 Å². The first-order valence-corrected chi connectivity index (χ1v) is 8.96. The van der Waals surface area contributed by atoms with Crippen molar-refractivity contribution < 1.29 is 4.74 Å². The molecule has 22 heavy (non-hydrogen) atoms. The Labute approximate surface area is 137 Å². The lowest BCUT2D eigenvalue weighted by Gasteiger charge is -2.21. The Morgan fingerprint density at radius 2 is 1.82 bits per heavy atom. The van der Waals surface area contributed by atoms with E-state index < -0.39 is 0 Å². The van der Waals surface area contributed by atoms with Crippen LogP contribution in [0.2, 0.25) is 0 Å².